The molecule has 7 heteroatoms. The van der Waals surface area contributed by atoms with E-state index in [0.29, 0.717) is 19.7 Å². The highest BCUT2D eigenvalue weighted by Crippen LogP contribution is 2.14. The summed E-state index contributed by atoms with van der Waals surface area (Å²) in [7, 11) is 1.36. The number of morpholine rings is 1. The molecule has 0 spiro atoms. The zero-order chi connectivity index (χ0) is 12.3. The van der Waals surface area contributed by atoms with E-state index in [0.717, 1.165) is 13.1 Å². The fourth-order valence-corrected chi connectivity index (χ4v) is 2.03. The molecule has 1 amide bonds. The standard InChI is InChI=1S/C11H18N2O4.ClH/c1-16-10(14)4-9-7-13(2-3-17-9)11(15)8-5-12-6-8;/h8-9,12H,2-7H2,1H3;1H. The normalized spacial score (nSPS) is 23.8. The first-order chi connectivity index (χ1) is 8.20. The summed E-state index contributed by atoms with van der Waals surface area (Å²) < 4.78 is 10.0. The van der Waals surface area contributed by atoms with E-state index in [2.05, 4.69) is 10.1 Å². The minimum atomic E-state index is -0.297. The Hall–Kier alpha value is -0.850. The van der Waals surface area contributed by atoms with Crippen LogP contribution >= 0.6 is 12.4 Å². The maximum absolute atomic E-state index is 12.0. The van der Waals surface area contributed by atoms with E-state index < -0.39 is 0 Å². The summed E-state index contributed by atoms with van der Waals surface area (Å²) in [6.45, 7) is 3.13. The molecule has 2 rings (SSSR count). The van der Waals surface area contributed by atoms with Gasteiger partial charge in [0, 0.05) is 26.2 Å². The Bertz CT molecular complexity index is 309. The van der Waals surface area contributed by atoms with E-state index in [-0.39, 0.29) is 42.7 Å². The van der Waals surface area contributed by atoms with E-state index in [4.69, 9.17) is 4.74 Å². The van der Waals surface area contributed by atoms with E-state index in [1.165, 1.54) is 7.11 Å². The van der Waals surface area contributed by atoms with E-state index in [1.54, 1.807) is 4.90 Å². The van der Waals surface area contributed by atoms with E-state index in [9.17, 15) is 9.59 Å². The van der Waals surface area contributed by atoms with Crippen LogP contribution in [0.25, 0.3) is 0 Å². The van der Waals surface area contributed by atoms with Gasteiger partial charge in [0.05, 0.1) is 32.2 Å². The van der Waals surface area contributed by atoms with E-state index in [1.807, 2.05) is 0 Å². The highest BCUT2D eigenvalue weighted by atomic mass is 35.5. The van der Waals surface area contributed by atoms with Crippen molar-refractivity contribution in [1.29, 1.82) is 0 Å². The second kappa shape index (κ2) is 6.92. The average Bonchev–Trinajstić information content (AvgIpc) is 2.27. The summed E-state index contributed by atoms with van der Waals surface area (Å²) in [6, 6.07) is 0. The molecule has 2 fully saturated rings. The van der Waals surface area contributed by atoms with Gasteiger partial charge >= 0.3 is 5.97 Å². The van der Waals surface area contributed by atoms with Crippen LogP contribution in [0.15, 0.2) is 0 Å². The number of ether oxygens (including phenoxy) is 2. The molecular formula is C11H19ClN2O4. The molecule has 18 heavy (non-hydrogen) atoms. The van der Waals surface area contributed by atoms with Gasteiger partial charge in [0.15, 0.2) is 0 Å². The predicted octanol–water partition coefficient (Wildman–Crippen LogP) is -0.582. The molecule has 1 N–H and O–H groups in total. The lowest BCUT2D eigenvalue weighted by molar-refractivity contribution is -0.152. The summed E-state index contributed by atoms with van der Waals surface area (Å²) in [5.74, 6) is -0.0246. The molecule has 1 unspecified atom stereocenters. The van der Waals surface area contributed by atoms with Gasteiger partial charge in [0.1, 0.15) is 0 Å². The van der Waals surface area contributed by atoms with Crippen LogP contribution in [-0.2, 0) is 19.1 Å². The third-order valence-corrected chi connectivity index (χ3v) is 3.20. The minimum Gasteiger partial charge on any atom is -0.469 e. The lowest BCUT2D eigenvalue weighted by Gasteiger charge is -2.37. The quantitative estimate of drug-likeness (QED) is 0.700. The van der Waals surface area contributed by atoms with Gasteiger partial charge < -0.3 is 19.7 Å². The Labute approximate surface area is 112 Å². The lowest BCUT2D eigenvalue weighted by atomic mass is 10.0. The second-order valence-electron chi connectivity index (χ2n) is 4.41. The van der Waals surface area contributed by atoms with Crippen LogP contribution in [0.3, 0.4) is 0 Å². The molecule has 0 aromatic heterocycles. The van der Waals surface area contributed by atoms with Crippen molar-refractivity contribution in [2.45, 2.75) is 12.5 Å². The van der Waals surface area contributed by atoms with Crippen LogP contribution in [-0.4, -0.2) is 62.8 Å². The van der Waals surface area contributed by atoms with Crippen LogP contribution in [0.5, 0.6) is 0 Å². The largest absolute Gasteiger partial charge is 0.469 e. The number of nitrogens with zero attached hydrogens (tertiary/aromatic N) is 1. The molecule has 2 heterocycles. The summed E-state index contributed by atoms with van der Waals surface area (Å²) in [5.41, 5.74) is 0. The number of nitrogens with one attached hydrogen (secondary N) is 1. The van der Waals surface area contributed by atoms with Crippen molar-refractivity contribution < 1.29 is 19.1 Å². The third kappa shape index (κ3) is 3.57. The SMILES string of the molecule is COC(=O)CC1CN(C(=O)C2CNC2)CCO1.Cl. The Morgan fingerprint density at radius 1 is 1.44 bits per heavy atom. The zero-order valence-corrected chi connectivity index (χ0v) is 11.2. The van der Waals surface area contributed by atoms with Crippen molar-refractivity contribution in [1.82, 2.24) is 10.2 Å². The second-order valence-corrected chi connectivity index (χ2v) is 4.41. The first-order valence-electron chi connectivity index (χ1n) is 5.88. The van der Waals surface area contributed by atoms with Gasteiger partial charge in [-0.2, -0.15) is 0 Å². The van der Waals surface area contributed by atoms with Crippen LogP contribution in [0.4, 0.5) is 0 Å². The molecule has 0 bridgehead atoms. The minimum absolute atomic E-state index is 0. The van der Waals surface area contributed by atoms with Gasteiger partial charge in [-0.05, 0) is 0 Å². The molecule has 0 radical (unpaired) electrons. The molecule has 0 aliphatic carbocycles. The van der Waals surface area contributed by atoms with Crippen molar-refractivity contribution in [3.63, 3.8) is 0 Å². The van der Waals surface area contributed by atoms with Gasteiger partial charge in [0.2, 0.25) is 5.91 Å². The van der Waals surface area contributed by atoms with Crippen molar-refractivity contribution in [3.8, 4) is 0 Å². The molecule has 0 aromatic rings. The van der Waals surface area contributed by atoms with Gasteiger partial charge in [0.25, 0.3) is 0 Å². The third-order valence-electron chi connectivity index (χ3n) is 3.20. The summed E-state index contributed by atoms with van der Waals surface area (Å²) >= 11 is 0. The van der Waals surface area contributed by atoms with Gasteiger partial charge in [-0.3, -0.25) is 9.59 Å². The highest BCUT2D eigenvalue weighted by Gasteiger charge is 2.33. The Morgan fingerprint density at radius 2 is 2.17 bits per heavy atom. The molecule has 0 aromatic carbocycles. The summed E-state index contributed by atoms with van der Waals surface area (Å²) in [4.78, 5) is 24.9. The maximum atomic E-state index is 12.0. The molecule has 2 saturated heterocycles. The maximum Gasteiger partial charge on any atom is 0.308 e. The molecule has 6 nitrogen and oxygen atoms in total. The number of methoxy groups -OCH3 is 1. The zero-order valence-electron chi connectivity index (χ0n) is 10.4. The number of hydrogen-bond donors (Lipinski definition) is 1. The number of amides is 1. The first kappa shape index (κ1) is 15.2. The fourth-order valence-electron chi connectivity index (χ4n) is 2.03. The van der Waals surface area contributed by atoms with Crippen LogP contribution < -0.4 is 5.32 Å². The summed E-state index contributed by atoms with van der Waals surface area (Å²) in [5, 5.41) is 3.08. The van der Waals surface area contributed by atoms with Crippen molar-refractivity contribution >= 4 is 24.3 Å². The first-order valence-corrected chi connectivity index (χ1v) is 5.88. The van der Waals surface area contributed by atoms with Crippen molar-refractivity contribution in [3.05, 3.63) is 0 Å². The topological polar surface area (TPSA) is 67.9 Å². The predicted molar refractivity (Wildman–Crippen MR) is 66.6 cm³/mol. The molecule has 2 aliphatic rings. The smallest absolute Gasteiger partial charge is 0.308 e. The number of hydrogen-bond acceptors (Lipinski definition) is 5. The van der Waals surface area contributed by atoms with Crippen molar-refractivity contribution in [2.24, 2.45) is 5.92 Å². The summed E-state index contributed by atoms with van der Waals surface area (Å²) in [6.07, 6.45) is -0.0170. The number of halogens is 1. The van der Waals surface area contributed by atoms with E-state index >= 15 is 0 Å². The highest BCUT2D eigenvalue weighted by molar-refractivity contribution is 5.85. The number of carbonyl (C=O) groups is 2. The Kier molecular flexibility index (Phi) is 5.84. The molecule has 104 valence electrons. The molecular weight excluding hydrogens is 260 g/mol. The van der Waals surface area contributed by atoms with Crippen LogP contribution in [0.1, 0.15) is 6.42 Å². The molecule has 2 aliphatic heterocycles. The van der Waals surface area contributed by atoms with Crippen LogP contribution in [0, 0.1) is 5.92 Å². The van der Waals surface area contributed by atoms with Gasteiger partial charge in [-0.15, -0.1) is 12.4 Å². The fraction of sp³-hybridized carbons (Fsp3) is 0.818. The van der Waals surface area contributed by atoms with Crippen molar-refractivity contribution in [2.75, 3.05) is 39.9 Å². The van der Waals surface area contributed by atoms with Gasteiger partial charge in [-0.25, -0.2) is 0 Å². The van der Waals surface area contributed by atoms with Gasteiger partial charge in [-0.1, -0.05) is 0 Å². The Balaban J connectivity index is 0.00000162. The molecule has 0 saturated carbocycles. The monoisotopic (exact) mass is 278 g/mol. The lowest BCUT2D eigenvalue weighted by Crippen LogP contribution is -2.55. The number of rotatable bonds is 3. The number of carbonyl (C=O) groups excluding carboxylic acids is 2. The molecule has 1 atom stereocenters. The average molecular weight is 279 g/mol. The van der Waals surface area contributed by atoms with Crippen LogP contribution in [0.2, 0.25) is 0 Å². The number of esters is 1. The Morgan fingerprint density at radius 3 is 2.72 bits per heavy atom.